The Balaban J connectivity index is 0.000000248. The van der Waals surface area contributed by atoms with E-state index >= 15 is 0 Å². The summed E-state index contributed by atoms with van der Waals surface area (Å²) in [4.78, 5) is 28.8. The van der Waals surface area contributed by atoms with Crippen molar-refractivity contribution < 1.29 is 49.6 Å². The Labute approximate surface area is 287 Å². The number of alkyl halides is 6. The minimum Gasteiger partial charge on any atom is -0.371 e. The quantitative estimate of drug-likeness (QED) is 0.198. The molecular weight excluding hydrogens is 696 g/mol. The molecule has 276 valence electrons. The number of nitro groups is 1. The van der Waals surface area contributed by atoms with E-state index in [9.17, 15) is 50.0 Å². The molecule has 0 aromatic heterocycles. The third kappa shape index (κ3) is 9.22. The van der Waals surface area contributed by atoms with Crippen LogP contribution in [0.1, 0.15) is 33.2 Å². The Hall–Kier alpha value is -4.55. The minimum absolute atomic E-state index is 0.0258. The van der Waals surface area contributed by atoms with Gasteiger partial charge in [-0.25, -0.2) is 8.78 Å². The standard InChI is InChI=1S/C22H22F4N4O4.C11H12F4N2/c23-18-11-14(22(24,25)26)1-4-19(18)28-6-8-29(9-7-28)21(31)17-12-15(30(32)33)2-3-16(17)20-13-27-5-10-34-20;12-9-7-8(11(13,14)15)1-2-10(9)17-5-3-16-4-6-17/h1-4,11-12,20,27H,5-10,13H2;1-2,7,16H,3-6H2. The second-order valence-electron chi connectivity index (χ2n) is 11.9. The summed E-state index contributed by atoms with van der Waals surface area (Å²) >= 11 is 0. The number of benzene rings is 3. The lowest BCUT2D eigenvalue weighted by atomic mass is 9.99. The topological polar surface area (TPSA) is 103 Å². The van der Waals surface area contributed by atoms with Gasteiger partial charge in [-0.15, -0.1) is 0 Å². The van der Waals surface area contributed by atoms with Crippen LogP contribution in [0.2, 0.25) is 0 Å². The number of hydrogen-bond acceptors (Lipinski definition) is 8. The average Bonchev–Trinajstić information content (AvgIpc) is 3.11. The number of amides is 1. The van der Waals surface area contributed by atoms with Crippen LogP contribution in [0.3, 0.4) is 0 Å². The van der Waals surface area contributed by atoms with Crippen LogP contribution in [-0.4, -0.2) is 87.8 Å². The summed E-state index contributed by atoms with van der Waals surface area (Å²) in [7, 11) is 0. The molecule has 3 saturated heterocycles. The monoisotopic (exact) mass is 730 g/mol. The fourth-order valence-electron chi connectivity index (χ4n) is 5.99. The lowest BCUT2D eigenvalue weighted by Gasteiger charge is -2.37. The van der Waals surface area contributed by atoms with Gasteiger partial charge >= 0.3 is 12.4 Å². The molecule has 2 N–H and O–H groups in total. The smallest absolute Gasteiger partial charge is 0.371 e. The zero-order chi connectivity index (χ0) is 36.9. The highest BCUT2D eigenvalue weighted by atomic mass is 19.4. The summed E-state index contributed by atoms with van der Waals surface area (Å²) in [6.07, 6.45) is -9.57. The van der Waals surface area contributed by atoms with E-state index in [0.717, 1.165) is 18.2 Å². The molecule has 3 heterocycles. The van der Waals surface area contributed by atoms with E-state index in [4.69, 9.17) is 4.74 Å². The van der Waals surface area contributed by atoms with Crippen LogP contribution in [0.25, 0.3) is 0 Å². The molecule has 0 aliphatic carbocycles. The molecule has 3 aromatic rings. The highest BCUT2D eigenvalue weighted by Crippen LogP contribution is 2.34. The average molecular weight is 731 g/mol. The van der Waals surface area contributed by atoms with Crippen molar-refractivity contribution in [3.8, 4) is 0 Å². The molecule has 1 unspecified atom stereocenters. The number of piperazine rings is 2. The molecule has 18 heteroatoms. The first kappa shape index (κ1) is 37.7. The summed E-state index contributed by atoms with van der Waals surface area (Å²) in [5, 5.41) is 17.5. The molecule has 1 atom stereocenters. The van der Waals surface area contributed by atoms with Crippen LogP contribution in [-0.2, 0) is 17.1 Å². The maximum absolute atomic E-state index is 14.4. The molecule has 0 bridgehead atoms. The van der Waals surface area contributed by atoms with Gasteiger partial charge in [-0.1, -0.05) is 0 Å². The second-order valence-corrected chi connectivity index (χ2v) is 11.9. The molecule has 1 amide bonds. The predicted molar refractivity (Wildman–Crippen MR) is 171 cm³/mol. The van der Waals surface area contributed by atoms with Gasteiger partial charge in [0.2, 0.25) is 0 Å². The first-order valence-electron chi connectivity index (χ1n) is 16.0. The minimum atomic E-state index is -4.64. The predicted octanol–water partition coefficient (Wildman–Crippen LogP) is 5.63. The summed E-state index contributed by atoms with van der Waals surface area (Å²) < 4.78 is 109. The van der Waals surface area contributed by atoms with Gasteiger partial charge in [0, 0.05) is 77.6 Å². The number of carbonyl (C=O) groups excluding carboxylic acids is 1. The van der Waals surface area contributed by atoms with Gasteiger partial charge < -0.3 is 30.1 Å². The number of nitrogens with zero attached hydrogens (tertiary/aromatic N) is 4. The zero-order valence-corrected chi connectivity index (χ0v) is 27.0. The summed E-state index contributed by atoms with van der Waals surface area (Å²) in [5.41, 5.74) is -1.27. The normalized spacial score (nSPS) is 18.6. The lowest BCUT2D eigenvalue weighted by molar-refractivity contribution is -0.384. The van der Waals surface area contributed by atoms with Crippen LogP contribution in [0.4, 0.5) is 52.2 Å². The Bertz CT molecular complexity index is 1700. The number of morpholine rings is 1. The third-order valence-electron chi connectivity index (χ3n) is 8.67. The van der Waals surface area contributed by atoms with Gasteiger partial charge in [0.1, 0.15) is 11.6 Å². The Kier molecular flexibility index (Phi) is 11.7. The van der Waals surface area contributed by atoms with E-state index in [2.05, 4.69) is 10.6 Å². The van der Waals surface area contributed by atoms with Gasteiger partial charge in [0.15, 0.2) is 0 Å². The molecule has 0 radical (unpaired) electrons. The van der Waals surface area contributed by atoms with Crippen molar-refractivity contribution >= 4 is 23.0 Å². The Morgan fingerprint density at radius 3 is 1.76 bits per heavy atom. The maximum Gasteiger partial charge on any atom is 0.416 e. The Morgan fingerprint density at radius 2 is 1.29 bits per heavy atom. The lowest BCUT2D eigenvalue weighted by Crippen LogP contribution is -2.49. The van der Waals surface area contributed by atoms with Crippen molar-refractivity contribution in [3.05, 3.63) is 98.6 Å². The van der Waals surface area contributed by atoms with E-state index in [-0.39, 0.29) is 48.8 Å². The summed E-state index contributed by atoms with van der Waals surface area (Å²) in [6, 6.07) is 9.12. The van der Waals surface area contributed by atoms with E-state index in [1.807, 2.05) is 0 Å². The van der Waals surface area contributed by atoms with Crippen LogP contribution < -0.4 is 20.4 Å². The van der Waals surface area contributed by atoms with Crippen molar-refractivity contribution in [2.45, 2.75) is 18.5 Å². The molecule has 3 aromatic carbocycles. The van der Waals surface area contributed by atoms with Gasteiger partial charge in [-0.05, 0) is 48.0 Å². The van der Waals surface area contributed by atoms with Crippen molar-refractivity contribution in [1.82, 2.24) is 15.5 Å². The number of carbonyl (C=O) groups is 1. The first-order chi connectivity index (χ1) is 24.1. The van der Waals surface area contributed by atoms with Crippen LogP contribution in [0, 0.1) is 21.7 Å². The number of halogens is 8. The highest BCUT2D eigenvalue weighted by molar-refractivity contribution is 5.96. The van der Waals surface area contributed by atoms with E-state index in [0.29, 0.717) is 63.6 Å². The molecule has 3 aliphatic heterocycles. The van der Waals surface area contributed by atoms with Crippen LogP contribution in [0.15, 0.2) is 54.6 Å². The second kappa shape index (κ2) is 15.8. The molecule has 6 rings (SSSR count). The SMILES string of the molecule is Fc1cc(C(F)(F)F)ccc1N1CCNCC1.O=C(c1cc([N+](=O)[O-])ccc1C1CNCCO1)N1CCN(c2ccc(C(F)(F)F)cc2F)CC1. The number of anilines is 2. The molecule has 10 nitrogen and oxygen atoms in total. The number of nitrogens with one attached hydrogen (secondary N) is 2. The van der Waals surface area contributed by atoms with Crippen molar-refractivity contribution in [3.63, 3.8) is 0 Å². The van der Waals surface area contributed by atoms with Gasteiger partial charge in [0.05, 0.1) is 45.7 Å². The van der Waals surface area contributed by atoms with Crippen LogP contribution in [0.5, 0.6) is 0 Å². The first-order valence-corrected chi connectivity index (χ1v) is 16.0. The summed E-state index contributed by atoms with van der Waals surface area (Å²) in [6.45, 7) is 4.91. The molecule has 0 spiro atoms. The van der Waals surface area contributed by atoms with Gasteiger partial charge in [0.25, 0.3) is 11.6 Å². The van der Waals surface area contributed by atoms with Crippen molar-refractivity contribution in [2.24, 2.45) is 0 Å². The number of nitro benzene ring substituents is 1. The molecule has 3 aliphatic rings. The van der Waals surface area contributed by atoms with Gasteiger partial charge in [-0.3, -0.25) is 14.9 Å². The van der Waals surface area contributed by atoms with Crippen molar-refractivity contribution in [2.75, 3.05) is 81.9 Å². The fraction of sp³-hybridized carbons (Fsp3) is 0.424. The molecule has 3 fully saturated rings. The Morgan fingerprint density at radius 1 is 0.745 bits per heavy atom. The number of rotatable bonds is 5. The number of ether oxygens (including phenoxy) is 1. The largest absolute Gasteiger partial charge is 0.416 e. The van der Waals surface area contributed by atoms with Crippen LogP contribution >= 0.6 is 0 Å². The highest BCUT2D eigenvalue weighted by Gasteiger charge is 2.34. The molecular formula is C33H34F8N6O4. The van der Waals surface area contributed by atoms with Gasteiger partial charge in [-0.2, -0.15) is 26.3 Å². The van der Waals surface area contributed by atoms with E-state index in [1.165, 1.54) is 29.2 Å². The number of hydrogen-bond donors (Lipinski definition) is 2. The third-order valence-corrected chi connectivity index (χ3v) is 8.67. The molecule has 0 saturated carbocycles. The molecule has 51 heavy (non-hydrogen) atoms. The zero-order valence-electron chi connectivity index (χ0n) is 27.0. The van der Waals surface area contributed by atoms with E-state index in [1.54, 1.807) is 9.80 Å². The van der Waals surface area contributed by atoms with E-state index < -0.39 is 52.0 Å². The fourth-order valence-corrected chi connectivity index (χ4v) is 5.99. The van der Waals surface area contributed by atoms with Crippen molar-refractivity contribution in [1.29, 1.82) is 0 Å². The number of non-ortho nitro benzene ring substituents is 1. The maximum atomic E-state index is 14.4. The summed E-state index contributed by atoms with van der Waals surface area (Å²) in [5.74, 6) is -2.22.